The smallest absolute Gasteiger partial charge is 0.253 e. The number of benzene rings is 2. The maximum Gasteiger partial charge on any atom is 0.253 e. The Kier molecular flexibility index (Phi) is 5.01. The molecule has 2 heterocycles. The summed E-state index contributed by atoms with van der Waals surface area (Å²) >= 11 is 0. The van der Waals surface area contributed by atoms with Crippen LogP contribution in [0.4, 0.5) is 10.1 Å². The number of hydrogen-bond acceptors (Lipinski definition) is 5. The van der Waals surface area contributed by atoms with Gasteiger partial charge >= 0.3 is 0 Å². The highest BCUT2D eigenvalue weighted by molar-refractivity contribution is 7.94. The molecule has 1 spiro atoms. The van der Waals surface area contributed by atoms with Crippen LogP contribution < -0.4 is 9.64 Å². The fraction of sp³-hybridized carbons (Fsp3) is 0.333. The number of carbonyl (C=O) groups excluding carboxylic acids is 2. The maximum absolute atomic E-state index is 14.0. The van der Waals surface area contributed by atoms with Gasteiger partial charge < -0.3 is 9.64 Å². The van der Waals surface area contributed by atoms with Crippen LogP contribution in [0.15, 0.2) is 48.5 Å². The quantitative estimate of drug-likeness (QED) is 0.743. The lowest BCUT2D eigenvalue weighted by molar-refractivity contribution is -0.116. The Labute approximate surface area is 174 Å². The summed E-state index contributed by atoms with van der Waals surface area (Å²) in [5, 5.41) is 0. The van der Waals surface area contributed by atoms with E-state index < -0.39 is 32.2 Å². The van der Waals surface area contributed by atoms with Crippen LogP contribution in [-0.2, 0) is 14.6 Å². The number of ether oxygens (including phenoxy) is 1. The SMILES string of the molecule is COc1ccc(C(=O)N2CCC3(CC2)N(c2ccccc2)C(=O)CS3(=O)=O)cc1F. The van der Waals surface area contributed by atoms with Crippen LogP contribution in [-0.4, -0.2) is 56.0 Å². The van der Waals surface area contributed by atoms with Crippen LogP contribution >= 0.6 is 0 Å². The number of carbonyl (C=O) groups is 2. The Morgan fingerprint density at radius 2 is 1.77 bits per heavy atom. The van der Waals surface area contributed by atoms with Crippen molar-refractivity contribution in [2.24, 2.45) is 0 Å². The fourth-order valence-electron chi connectivity index (χ4n) is 4.26. The third-order valence-electron chi connectivity index (χ3n) is 5.79. The summed E-state index contributed by atoms with van der Waals surface area (Å²) < 4.78 is 44.8. The van der Waals surface area contributed by atoms with Crippen molar-refractivity contribution in [2.45, 2.75) is 17.7 Å². The standard InChI is InChI=1S/C21H21FN2O5S/c1-29-18-8-7-15(13-17(18)22)20(26)23-11-9-21(10-12-23)24(16-5-3-2-4-6-16)19(25)14-30(21,27)28/h2-8,13H,9-12,14H2,1H3. The van der Waals surface area contributed by atoms with Crippen LogP contribution in [0.25, 0.3) is 0 Å². The van der Waals surface area contributed by atoms with E-state index in [0.717, 1.165) is 6.07 Å². The predicted molar refractivity (Wildman–Crippen MR) is 109 cm³/mol. The largest absolute Gasteiger partial charge is 0.494 e. The lowest BCUT2D eigenvalue weighted by Crippen LogP contribution is -2.57. The van der Waals surface area contributed by atoms with E-state index in [1.165, 1.54) is 29.0 Å². The average molecular weight is 432 g/mol. The van der Waals surface area contributed by atoms with E-state index in [9.17, 15) is 22.4 Å². The monoisotopic (exact) mass is 432 g/mol. The number of sulfone groups is 1. The van der Waals surface area contributed by atoms with Crippen molar-refractivity contribution in [3.63, 3.8) is 0 Å². The second kappa shape index (κ2) is 7.39. The van der Waals surface area contributed by atoms with Gasteiger partial charge in [-0.05, 0) is 30.3 Å². The van der Waals surface area contributed by atoms with Crippen molar-refractivity contribution in [1.82, 2.24) is 4.90 Å². The van der Waals surface area contributed by atoms with Crippen molar-refractivity contribution < 1.29 is 27.1 Å². The molecule has 0 aromatic heterocycles. The zero-order chi connectivity index (χ0) is 21.5. The fourth-order valence-corrected chi connectivity index (χ4v) is 6.27. The Bertz CT molecular complexity index is 1100. The molecule has 2 aliphatic heterocycles. The topological polar surface area (TPSA) is 84.0 Å². The minimum Gasteiger partial charge on any atom is -0.494 e. The van der Waals surface area contributed by atoms with E-state index >= 15 is 0 Å². The number of hydrogen-bond donors (Lipinski definition) is 0. The van der Waals surface area contributed by atoms with Crippen LogP contribution in [0.2, 0.25) is 0 Å². The summed E-state index contributed by atoms with van der Waals surface area (Å²) in [4.78, 5) is 26.9. The highest BCUT2D eigenvalue weighted by Crippen LogP contribution is 2.42. The lowest BCUT2D eigenvalue weighted by atomic mass is 10.00. The summed E-state index contributed by atoms with van der Waals surface area (Å²) in [6, 6.07) is 12.7. The summed E-state index contributed by atoms with van der Waals surface area (Å²) in [7, 11) is -2.38. The van der Waals surface area contributed by atoms with Crippen LogP contribution in [0.3, 0.4) is 0 Å². The highest BCUT2D eigenvalue weighted by Gasteiger charge is 2.59. The first-order valence-corrected chi connectivity index (χ1v) is 11.2. The van der Waals surface area contributed by atoms with Crippen LogP contribution in [0, 0.1) is 5.82 Å². The number of likely N-dealkylation sites (tertiary alicyclic amines) is 1. The molecule has 158 valence electrons. The highest BCUT2D eigenvalue weighted by atomic mass is 32.2. The van der Waals surface area contributed by atoms with Gasteiger partial charge in [0.25, 0.3) is 5.91 Å². The van der Waals surface area contributed by atoms with Gasteiger partial charge in [-0.25, -0.2) is 12.8 Å². The van der Waals surface area contributed by atoms with E-state index in [-0.39, 0.29) is 43.2 Å². The Hall–Kier alpha value is -2.94. The number of anilines is 1. The molecule has 0 atom stereocenters. The molecule has 9 heteroatoms. The van der Waals surface area contributed by atoms with Crippen molar-refractivity contribution >= 4 is 27.3 Å². The molecule has 2 aromatic rings. The summed E-state index contributed by atoms with van der Waals surface area (Å²) in [6.45, 7) is 0.282. The summed E-state index contributed by atoms with van der Waals surface area (Å²) in [5.41, 5.74) is 0.690. The lowest BCUT2D eigenvalue weighted by Gasteiger charge is -2.43. The third-order valence-corrected chi connectivity index (χ3v) is 8.17. The van der Waals surface area contributed by atoms with E-state index in [1.54, 1.807) is 30.3 Å². The minimum absolute atomic E-state index is 0.0400. The first-order chi connectivity index (χ1) is 14.3. The van der Waals surface area contributed by atoms with Gasteiger partial charge in [-0.3, -0.25) is 14.5 Å². The molecule has 0 radical (unpaired) electrons. The first kappa shape index (κ1) is 20.3. The van der Waals surface area contributed by atoms with E-state index in [1.807, 2.05) is 0 Å². The molecule has 2 saturated heterocycles. The molecular formula is C21H21FN2O5S. The molecule has 0 bridgehead atoms. The molecule has 4 rings (SSSR count). The van der Waals surface area contributed by atoms with Crippen molar-refractivity contribution in [2.75, 3.05) is 30.9 Å². The number of nitrogens with zero attached hydrogens (tertiary/aromatic N) is 2. The van der Waals surface area contributed by atoms with Gasteiger partial charge in [-0.1, -0.05) is 18.2 Å². The summed E-state index contributed by atoms with van der Waals surface area (Å²) in [5.74, 6) is -1.99. The molecular weight excluding hydrogens is 411 g/mol. The van der Waals surface area contributed by atoms with Crippen LogP contribution in [0.1, 0.15) is 23.2 Å². The molecule has 2 fully saturated rings. The van der Waals surface area contributed by atoms with Gasteiger partial charge in [0.2, 0.25) is 5.91 Å². The van der Waals surface area contributed by atoms with Crippen LogP contribution in [0.5, 0.6) is 5.75 Å². The molecule has 0 unspecified atom stereocenters. The Morgan fingerprint density at radius 1 is 1.10 bits per heavy atom. The second-order valence-electron chi connectivity index (χ2n) is 7.41. The molecule has 2 aromatic carbocycles. The van der Waals surface area contributed by atoms with Crippen molar-refractivity contribution in [3.8, 4) is 5.75 Å². The van der Waals surface area contributed by atoms with E-state index in [0.29, 0.717) is 5.69 Å². The van der Waals surface area contributed by atoms with Gasteiger partial charge in [0.05, 0.1) is 7.11 Å². The molecule has 0 aliphatic carbocycles. The van der Waals surface area contributed by atoms with Gasteiger partial charge in [-0.15, -0.1) is 0 Å². The zero-order valence-corrected chi connectivity index (χ0v) is 17.2. The zero-order valence-electron chi connectivity index (χ0n) is 16.4. The normalized spacial score (nSPS) is 19.9. The number of para-hydroxylation sites is 1. The molecule has 0 saturated carbocycles. The molecule has 2 aliphatic rings. The number of halogens is 1. The van der Waals surface area contributed by atoms with Gasteiger partial charge in [0.15, 0.2) is 26.3 Å². The molecule has 30 heavy (non-hydrogen) atoms. The Morgan fingerprint density at radius 3 is 2.37 bits per heavy atom. The number of methoxy groups -OCH3 is 1. The van der Waals surface area contributed by atoms with Gasteiger partial charge in [0.1, 0.15) is 5.75 Å². The number of rotatable bonds is 3. The predicted octanol–water partition coefficient (Wildman–Crippen LogP) is 2.23. The van der Waals surface area contributed by atoms with Crippen molar-refractivity contribution in [1.29, 1.82) is 0 Å². The average Bonchev–Trinajstić information content (AvgIpc) is 2.93. The first-order valence-electron chi connectivity index (χ1n) is 9.52. The number of piperidine rings is 1. The van der Waals surface area contributed by atoms with E-state index in [4.69, 9.17) is 4.74 Å². The molecule has 0 N–H and O–H groups in total. The molecule has 7 nitrogen and oxygen atoms in total. The number of amides is 2. The van der Waals surface area contributed by atoms with Crippen molar-refractivity contribution in [3.05, 3.63) is 59.9 Å². The minimum atomic E-state index is -3.72. The summed E-state index contributed by atoms with van der Waals surface area (Å²) in [6.07, 6.45) is 0.195. The maximum atomic E-state index is 14.0. The molecule has 2 amide bonds. The Balaban J connectivity index is 1.59. The van der Waals surface area contributed by atoms with Gasteiger partial charge in [0, 0.05) is 37.2 Å². The second-order valence-corrected chi connectivity index (χ2v) is 9.69. The van der Waals surface area contributed by atoms with E-state index in [2.05, 4.69) is 0 Å². The third kappa shape index (κ3) is 3.13. The van der Waals surface area contributed by atoms with Gasteiger partial charge in [-0.2, -0.15) is 0 Å².